The molecule has 0 saturated heterocycles. The number of carboxylic acid groups (broad SMARTS) is 1. The number of benzene rings is 4. The molecule has 0 bridgehead atoms. The highest BCUT2D eigenvalue weighted by molar-refractivity contribution is 5.88. The minimum Gasteiger partial charge on any atom is -0.488 e. The van der Waals surface area contributed by atoms with Crippen molar-refractivity contribution in [3.8, 4) is 22.9 Å². The molecule has 4 aromatic rings. The topological polar surface area (TPSA) is 106 Å². The van der Waals surface area contributed by atoms with Crippen LogP contribution in [-0.4, -0.2) is 36.1 Å². The Bertz CT molecular complexity index is 1560. The van der Waals surface area contributed by atoms with Gasteiger partial charge in [-0.2, -0.15) is 5.26 Å². The molecule has 208 valence electrons. The molecule has 7 heteroatoms. The third-order valence-corrected chi connectivity index (χ3v) is 6.94. The molecule has 1 unspecified atom stereocenters. The van der Waals surface area contributed by atoms with E-state index < -0.39 is 18.5 Å². The van der Waals surface area contributed by atoms with Gasteiger partial charge < -0.3 is 19.8 Å². The summed E-state index contributed by atoms with van der Waals surface area (Å²) in [5.74, 6) is -1.58. The second-order valence-electron chi connectivity index (χ2n) is 9.82. The Balaban J connectivity index is 1.58. The number of nitriles is 1. The van der Waals surface area contributed by atoms with Gasteiger partial charge in [-0.1, -0.05) is 66.7 Å². The lowest BCUT2D eigenvalue weighted by atomic mass is 9.96. The molecular formula is C34H33N3O4. The standard InChI is InChI=1S/C34H33N3O4/c1-24-29(12-7-13-32(24)27-10-4-3-5-11-27)21-37(2)31-15-14-28(19-36-20-30(22-38)34(39)40)33(17-31)41-23-26-9-6-8-25(16-26)18-35/h3-17,20,30,38H,19,21-23H2,1-2H3,(H,39,40). The van der Waals surface area contributed by atoms with Crippen molar-refractivity contribution in [1.29, 1.82) is 5.26 Å². The Morgan fingerprint density at radius 2 is 1.80 bits per heavy atom. The number of aliphatic carboxylic acids is 1. The van der Waals surface area contributed by atoms with E-state index in [9.17, 15) is 20.3 Å². The van der Waals surface area contributed by atoms with Crippen molar-refractivity contribution < 1.29 is 19.7 Å². The molecule has 4 aromatic carbocycles. The maximum absolute atomic E-state index is 11.2. The first-order valence-electron chi connectivity index (χ1n) is 13.3. The summed E-state index contributed by atoms with van der Waals surface area (Å²) in [5.41, 5.74) is 7.96. The van der Waals surface area contributed by atoms with E-state index in [1.165, 1.54) is 28.5 Å². The van der Waals surface area contributed by atoms with Crippen LogP contribution in [0.1, 0.15) is 27.8 Å². The van der Waals surface area contributed by atoms with Gasteiger partial charge in [0.2, 0.25) is 0 Å². The van der Waals surface area contributed by atoms with E-state index in [-0.39, 0.29) is 13.2 Å². The first-order chi connectivity index (χ1) is 19.9. The number of aliphatic hydroxyl groups is 1. The lowest BCUT2D eigenvalue weighted by Gasteiger charge is -2.23. The highest BCUT2D eigenvalue weighted by Gasteiger charge is 2.14. The van der Waals surface area contributed by atoms with Crippen molar-refractivity contribution in [2.75, 3.05) is 18.6 Å². The van der Waals surface area contributed by atoms with Crippen LogP contribution in [0.3, 0.4) is 0 Å². The van der Waals surface area contributed by atoms with Gasteiger partial charge in [0.15, 0.2) is 0 Å². The van der Waals surface area contributed by atoms with Gasteiger partial charge in [-0.15, -0.1) is 0 Å². The normalized spacial score (nSPS) is 11.7. The first-order valence-corrected chi connectivity index (χ1v) is 13.3. The van der Waals surface area contributed by atoms with Crippen molar-refractivity contribution in [3.05, 3.63) is 119 Å². The van der Waals surface area contributed by atoms with Crippen molar-refractivity contribution in [2.24, 2.45) is 10.9 Å². The monoisotopic (exact) mass is 547 g/mol. The van der Waals surface area contributed by atoms with Gasteiger partial charge in [-0.25, -0.2) is 0 Å². The lowest BCUT2D eigenvalue weighted by Crippen LogP contribution is -2.19. The number of ether oxygens (including phenoxy) is 1. The van der Waals surface area contributed by atoms with Gasteiger partial charge in [0.1, 0.15) is 18.3 Å². The molecule has 0 spiro atoms. The highest BCUT2D eigenvalue weighted by atomic mass is 16.5. The molecule has 7 nitrogen and oxygen atoms in total. The van der Waals surface area contributed by atoms with Gasteiger partial charge >= 0.3 is 5.97 Å². The Morgan fingerprint density at radius 1 is 1.02 bits per heavy atom. The smallest absolute Gasteiger partial charge is 0.314 e. The van der Waals surface area contributed by atoms with Gasteiger partial charge in [0.25, 0.3) is 0 Å². The molecule has 2 N–H and O–H groups in total. The third kappa shape index (κ3) is 7.59. The summed E-state index contributed by atoms with van der Waals surface area (Å²) in [4.78, 5) is 17.7. The average molecular weight is 548 g/mol. The van der Waals surface area contributed by atoms with Crippen LogP contribution in [0.5, 0.6) is 5.75 Å². The van der Waals surface area contributed by atoms with Gasteiger partial charge in [-0.3, -0.25) is 9.79 Å². The number of anilines is 1. The Hall–Kier alpha value is -4.93. The van der Waals surface area contributed by atoms with Gasteiger partial charge in [0.05, 0.1) is 24.8 Å². The maximum atomic E-state index is 11.2. The molecule has 1 atom stereocenters. The molecule has 0 aliphatic heterocycles. The lowest BCUT2D eigenvalue weighted by molar-refractivity contribution is -0.140. The van der Waals surface area contributed by atoms with Crippen LogP contribution in [0.4, 0.5) is 5.69 Å². The van der Waals surface area contributed by atoms with E-state index >= 15 is 0 Å². The zero-order chi connectivity index (χ0) is 29.2. The summed E-state index contributed by atoms with van der Waals surface area (Å²) in [5, 5.41) is 27.7. The van der Waals surface area contributed by atoms with E-state index in [0.29, 0.717) is 17.9 Å². The van der Waals surface area contributed by atoms with Crippen LogP contribution >= 0.6 is 0 Å². The zero-order valence-corrected chi connectivity index (χ0v) is 23.2. The maximum Gasteiger partial charge on any atom is 0.314 e. The number of hydrogen-bond acceptors (Lipinski definition) is 6. The summed E-state index contributed by atoms with van der Waals surface area (Å²) in [7, 11) is 2.03. The zero-order valence-electron chi connectivity index (χ0n) is 23.2. The van der Waals surface area contributed by atoms with Crippen LogP contribution in [0.15, 0.2) is 96.0 Å². The minimum atomic E-state index is -1.13. The second-order valence-corrected chi connectivity index (χ2v) is 9.82. The van der Waals surface area contributed by atoms with Crippen LogP contribution in [0.25, 0.3) is 11.1 Å². The second kappa shape index (κ2) is 13.9. The molecule has 0 saturated carbocycles. The van der Waals surface area contributed by atoms with Gasteiger partial charge in [0, 0.05) is 37.1 Å². The molecule has 0 aliphatic carbocycles. The van der Waals surface area contributed by atoms with E-state index in [2.05, 4.69) is 53.2 Å². The molecule has 0 amide bonds. The van der Waals surface area contributed by atoms with Crippen LogP contribution in [-0.2, 0) is 24.5 Å². The SMILES string of the molecule is Cc1c(CN(C)c2ccc(CN=CC(CO)C(=O)O)c(OCc3cccc(C#N)c3)c2)cccc1-c1ccccc1. The van der Waals surface area contributed by atoms with Crippen LogP contribution < -0.4 is 9.64 Å². The average Bonchev–Trinajstić information content (AvgIpc) is 3.00. The fraction of sp³-hybridized carbons (Fsp3) is 0.206. The van der Waals surface area contributed by atoms with E-state index in [0.717, 1.165) is 16.8 Å². The van der Waals surface area contributed by atoms with E-state index in [1.54, 1.807) is 12.1 Å². The number of aliphatic imine (C=N–C) groups is 1. The third-order valence-electron chi connectivity index (χ3n) is 6.94. The summed E-state index contributed by atoms with van der Waals surface area (Å²) in [6.07, 6.45) is 1.26. The molecule has 0 heterocycles. The highest BCUT2D eigenvalue weighted by Crippen LogP contribution is 2.30. The first kappa shape index (κ1) is 29.1. The Morgan fingerprint density at radius 3 is 2.54 bits per heavy atom. The van der Waals surface area contributed by atoms with Crippen molar-refractivity contribution >= 4 is 17.9 Å². The summed E-state index contributed by atoms with van der Waals surface area (Å²) < 4.78 is 6.22. The number of carbonyl (C=O) groups is 1. The van der Waals surface area contributed by atoms with Crippen LogP contribution in [0, 0.1) is 24.2 Å². The van der Waals surface area contributed by atoms with Crippen LogP contribution in [0.2, 0.25) is 0 Å². The number of carboxylic acids is 1. The minimum absolute atomic E-state index is 0.194. The molecule has 0 radical (unpaired) electrons. The number of nitrogens with zero attached hydrogens (tertiary/aromatic N) is 3. The van der Waals surface area contributed by atoms with E-state index in [1.807, 2.05) is 55.6 Å². The predicted molar refractivity (Wildman–Crippen MR) is 161 cm³/mol. The predicted octanol–water partition coefficient (Wildman–Crippen LogP) is 6.01. The summed E-state index contributed by atoms with van der Waals surface area (Å²) in [6.45, 7) is 2.76. The van der Waals surface area contributed by atoms with Gasteiger partial charge in [-0.05, 0) is 52.9 Å². The quantitative estimate of drug-likeness (QED) is 0.210. The molecule has 41 heavy (non-hydrogen) atoms. The van der Waals surface area contributed by atoms with Crippen molar-refractivity contribution in [2.45, 2.75) is 26.6 Å². The van der Waals surface area contributed by atoms with E-state index in [4.69, 9.17) is 4.74 Å². The molecule has 0 aliphatic rings. The number of hydrogen-bond donors (Lipinski definition) is 2. The fourth-order valence-electron chi connectivity index (χ4n) is 4.54. The molecular weight excluding hydrogens is 514 g/mol. The largest absolute Gasteiger partial charge is 0.488 e. The number of rotatable bonds is 12. The van der Waals surface area contributed by atoms with Crippen molar-refractivity contribution in [1.82, 2.24) is 0 Å². The van der Waals surface area contributed by atoms with Crippen molar-refractivity contribution in [3.63, 3.8) is 0 Å². The fourth-order valence-corrected chi connectivity index (χ4v) is 4.54. The molecule has 4 rings (SSSR count). The molecule has 0 aromatic heterocycles. The summed E-state index contributed by atoms with van der Waals surface area (Å²) >= 11 is 0. The number of aliphatic hydroxyl groups excluding tert-OH is 1. The summed E-state index contributed by atoms with van der Waals surface area (Å²) in [6, 6.07) is 32.0. The Labute approximate surface area is 240 Å². The molecule has 0 fully saturated rings. The Kier molecular flexibility index (Phi) is 9.87.